The van der Waals surface area contributed by atoms with Crippen LogP contribution in [-0.2, 0) is 15.1 Å². The van der Waals surface area contributed by atoms with Gasteiger partial charge in [0.1, 0.15) is 11.3 Å². The molecule has 11 nitrogen and oxygen atoms in total. The number of hydrazine groups is 1. The molecule has 0 bridgehead atoms. The number of rotatable bonds is 9. The molecule has 35 heavy (non-hydrogen) atoms. The van der Waals surface area contributed by atoms with Crippen LogP contribution in [0.2, 0.25) is 0 Å². The Hall–Kier alpha value is -4.06. The molecule has 1 aliphatic heterocycles. The highest BCUT2D eigenvalue weighted by atomic mass is 32.2. The summed E-state index contributed by atoms with van der Waals surface area (Å²) in [6, 6.07) is 15.4. The molecule has 0 aliphatic carbocycles. The van der Waals surface area contributed by atoms with E-state index in [-0.39, 0.29) is 5.75 Å². The number of aromatic nitrogens is 3. The zero-order chi connectivity index (χ0) is 25.0. The lowest BCUT2D eigenvalue weighted by Crippen LogP contribution is -2.49. The monoisotopic (exact) mass is 495 g/mol. The number of amides is 4. The molecular weight excluding hydrogens is 470 g/mol. The number of imide groups is 1. The zero-order valence-corrected chi connectivity index (χ0v) is 20.0. The summed E-state index contributed by atoms with van der Waals surface area (Å²) in [7, 11) is 0. The minimum atomic E-state index is -1.23. The maximum atomic E-state index is 13.1. The van der Waals surface area contributed by atoms with Gasteiger partial charge in [-0.3, -0.25) is 15.0 Å². The molecule has 1 atom stereocenters. The number of benzene rings is 2. The van der Waals surface area contributed by atoms with Gasteiger partial charge < -0.3 is 15.9 Å². The third-order valence-electron chi connectivity index (χ3n) is 5.55. The van der Waals surface area contributed by atoms with Crippen molar-refractivity contribution in [2.24, 2.45) is 0 Å². The molecule has 182 valence electrons. The van der Waals surface area contributed by atoms with Crippen molar-refractivity contribution >= 4 is 29.6 Å². The van der Waals surface area contributed by atoms with E-state index >= 15 is 0 Å². The summed E-state index contributed by atoms with van der Waals surface area (Å²) in [6.07, 6.45) is 0.327. The maximum Gasteiger partial charge on any atom is 0.344 e. The predicted octanol–water partition coefficient (Wildman–Crippen LogP) is 2.04. The zero-order valence-electron chi connectivity index (χ0n) is 19.2. The van der Waals surface area contributed by atoms with Gasteiger partial charge in [-0.1, -0.05) is 49.0 Å². The number of thioether (sulfide) groups is 1. The van der Waals surface area contributed by atoms with Gasteiger partial charge in [0.25, 0.3) is 5.91 Å². The van der Waals surface area contributed by atoms with Gasteiger partial charge in [0, 0.05) is 5.56 Å². The molecule has 0 spiro atoms. The van der Waals surface area contributed by atoms with Crippen molar-refractivity contribution in [1.29, 1.82) is 0 Å². The summed E-state index contributed by atoms with van der Waals surface area (Å²) in [4.78, 5) is 38.2. The fourth-order valence-corrected chi connectivity index (χ4v) is 4.41. The Morgan fingerprint density at radius 1 is 1.11 bits per heavy atom. The number of urea groups is 1. The van der Waals surface area contributed by atoms with E-state index < -0.39 is 23.4 Å². The van der Waals surface area contributed by atoms with Crippen molar-refractivity contribution < 1.29 is 19.1 Å². The SMILES string of the molecule is CCOc1ccc(-c2nnc(SCC(=O)NN3C(=O)NC(CC)(c4ccccc4)C3=O)n2N)cc1. The first-order chi connectivity index (χ1) is 16.9. The number of ether oxygens (including phenoxy) is 1. The lowest BCUT2D eigenvalue weighted by Gasteiger charge is -2.25. The molecule has 3 aromatic rings. The largest absolute Gasteiger partial charge is 0.494 e. The average Bonchev–Trinajstić information content (AvgIpc) is 3.36. The Bertz CT molecular complexity index is 1230. The number of nitrogens with two attached hydrogens (primary N) is 1. The number of carbonyl (C=O) groups excluding carboxylic acids is 3. The molecule has 12 heteroatoms. The molecule has 4 N–H and O–H groups in total. The van der Waals surface area contributed by atoms with E-state index in [2.05, 4.69) is 20.9 Å². The average molecular weight is 496 g/mol. The minimum absolute atomic E-state index is 0.139. The van der Waals surface area contributed by atoms with E-state index in [4.69, 9.17) is 10.6 Å². The number of carbonyl (C=O) groups is 3. The van der Waals surface area contributed by atoms with Crippen LogP contribution in [0.1, 0.15) is 25.8 Å². The lowest BCUT2D eigenvalue weighted by molar-refractivity contribution is -0.138. The second-order valence-corrected chi connectivity index (χ2v) is 8.60. The minimum Gasteiger partial charge on any atom is -0.494 e. The lowest BCUT2D eigenvalue weighted by atomic mass is 9.87. The second kappa shape index (κ2) is 10.1. The summed E-state index contributed by atoms with van der Waals surface area (Å²) in [5, 5.41) is 11.9. The molecule has 4 amide bonds. The third kappa shape index (κ3) is 4.64. The van der Waals surface area contributed by atoms with Crippen LogP contribution in [-0.4, -0.2) is 50.1 Å². The van der Waals surface area contributed by atoms with Crippen LogP contribution in [0.15, 0.2) is 59.8 Å². The van der Waals surface area contributed by atoms with Crippen LogP contribution in [0.3, 0.4) is 0 Å². The van der Waals surface area contributed by atoms with Crippen molar-refractivity contribution in [3.63, 3.8) is 0 Å². The number of nitrogen functional groups attached to an aromatic ring is 1. The second-order valence-electron chi connectivity index (χ2n) is 7.65. The fourth-order valence-electron chi connectivity index (χ4n) is 3.76. The van der Waals surface area contributed by atoms with E-state index in [1.807, 2.05) is 25.1 Å². The van der Waals surface area contributed by atoms with Gasteiger partial charge in [-0.25, -0.2) is 9.47 Å². The highest BCUT2D eigenvalue weighted by Gasteiger charge is 2.52. The fraction of sp³-hybridized carbons (Fsp3) is 0.261. The number of hydrogen-bond acceptors (Lipinski definition) is 8. The van der Waals surface area contributed by atoms with Gasteiger partial charge in [0.2, 0.25) is 11.1 Å². The Labute approximate surface area is 206 Å². The molecule has 1 fully saturated rings. The van der Waals surface area contributed by atoms with Crippen LogP contribution >= 0.6 is 11.8 Å². The van der Waals surface area contributed by atoms with Crippen molar-refractivity contribution in [2.45, 2.75) is 31.0 Å². The standard InChI is InChI=1S/C23H25N7O4S/c1-3-23(16-8-6-5-7-9-16)20(32)30(21(33)25-23)28-18(31)14-35-22-27-26-19(29(22)24)15-10-12-17(13-11-15)34-4-2/h5-13H,3-4,14,24H2,1-2H3,(H,25,33)(H,28,31). The molecule has 1 saturated heterocycles. The quantitative estimate of drug-likeness (QED) is 0.232. The van der Waals surface area contributed by atoms with Crippen LogP contribution in [0.25, 0.3) is 11.4 Å². The van der Waals surface area contributed by atoms with Crippen molar-refractivity contribution in [1.82, 2.24) is 30.6 Å². The van der Waals surface area contributed by atoms with Crippen molar-refractivity contribution in [3.05, 3.63) is 60.2 Å². The normalized spacial score (nSPS) is 17.4. The number of hydrogen-bond donors (Lipinski definition) is 3. The first-order valence-electron chi connectivity index (χ1n) is 11.0. The number of nitrogens with zero attached hydrogens (tertiary/aromatic N) is 4. The van der Waals surface area contributed by atoms with E-state index in [1.165, 1.54) is 4.68 Å². The van der Waals surface area contributed by atoms with Crippen LogP contribution in [0.5, 0.6) is 5.75 Å². The molecule has 0 radical (unpaired) electrons. The Morgan fingerprint density at radius 3 is 2.49 bits per heavy atom. The molecule has 2 heterocycles. The highest BCUT2D eigenvalue weighted by Crippen LogP contribution is 2.31. The summed E-state index contributed by atoms with van der Waals surface area (Å²) in [5.74, 6) is 6.02. The van der Waals surface area contributed by atoms with E-state index in [0.29, 0.717) is 29.6 Å². The maximum absolute atomic E-state index is 13.1. The summed E-state index contributed by atoms with van der Waals surface area (Å²) >= 11 is 1.03. The molecule has 4 rings (SSSR count). The molecule has 1 unspecified atom stereocenters. The Morgan fingerprint density at radius 2 is 1.83 bits per heavy atom. The van der Waals surface area contributed by atoms with Gasteiger partial charge in [-0.15, -0.1) is 10.2 Å². The van der Waals surface area contributed by atoms with E-state index in [0.717, 1.165) is 28.1 Å². The van der Waals surface area contributed by atoms with Gasteiger partial charge >= 0.3 is 6.03 Å². The molecule has 1 aliphatic rings. The van der Waals surface area contributed by atoms with Crippen molar-refractivity contribution in [2.75, 3.05) is 18.2 Å². The Balaban J connectivity index is 1.40. The summed E-state index contributed by atoms with van der Waals surface area (Å²) in [5.41, 5.74) is 2.53. The van der Waals surface area contributed by atoms with E-state index in [9.17, 15) is 14.4 Å². The van der Waals surface area contributed by atoms with Crippen LogP contribution in [0, 0.1) is 0 Å². The summed E-state index contributed by atoms with van der Waals surface area (Å²) in [6.45, 7) is 4.26. The molecule has 1 aromatic heterocycles. The van der Waals surface area contributed by atoms with Gasteiger partial charge in [-0.2, -0.15) is 5.01 Å². The third-order valence-corrected chi connectivity index (χ3v) is 6.49. The first kappa shape index (κ1) is 24.1. The van der Waals surface area contributed by atoms with Gasteiger partial charge in [0.05, 0.1) is 12.4 Å². The Kier molecular flexibility index (Phi) is 6.92. The molecule has 2 aromatic carbocycles. The van der Waals surface area contributed by atoms with Gasteiger partial charge in [0.15, 0.2) is 5.82 Å². The first-order valence-corrected chi connectivity index (χ1v) is 12.0. The summed E-state index contributed by atoms with van der Waals surface area (Å²) < 4.78 is 6.71. The van der Waals surface area contributed by atoms with Crippen LogP contribution in [0.4, 0.5) is 4.79 Å². The topological polar surface area (TPSA) is 144 Å². The van der Waals surface area contributed by atoms with E-state index in [1.54, 1.807) is 43.3 Å². The van der Waals surface area contributed by atoms with Gasteiger partial charge in [-0.05, 0) is 43.2 Å². The highest BCUT2D eigenvalue weighted by molar-refractivity contribution is 7.99. The van der Waals surface area contributed by atoms with Crippen LogP contribution < -0.4 is 21.3 Å². The molecular formula is C23H25N7O4S. The molecule has 0 saturated carbocycles. The number of nitrogens with one attached hydrogen (secondary N) is 2. The predicted molar refractivity (Wildman–Crippen MR) is 129 cm³/mol. The smallest absolute Gasteiger partial charge is 0.344 e. The van der Waals surface area contributed by atoms with Crippen molar-refractivity contribution in [3.8, 4) is 17.1 Å².